The van der Waals surface area contributed by atoms with Gasteiger partial charge in [0.1, 0.15) is 5.82 Å². The topological polar surface area (TPSA) is 39.9 Å². The van der Waals surface area contributed by atoms with Crippen LogP contribution in [-0.4, -0.2) is 18.6 Å². The van der Waals surface area contributed by atoms with Crippen LogP contribution in [0.5, 0.6) is 0 Å². The van der Waals surface area contributed by atoms with Crippen LogP contribution in [0.1, 0.15) is 12.5 Å². The Morgan fingerprint density at radius 1 is 1.56 bits per heavy atom. The fourth-order valence-corrected chi connectivity index (χ4v) is 1.81. The summed E-state index contributed by atoms with van der Waals surface area (Å²) in [6.45, 7) is 1.83. The molecule has 1 aromatic heterocycles. The Bertz CT molecular complexity index is 468. The van der Waals surface area contributed by atoms with Crippen molar-refractivity contribution in [2.75, 3.05) is 18.5 Å². The van der Waals surface area contributed by atoms with E-state index in [0.29, 0.717) is 0 Å². The molecule has 0 amide bonds. The van der Waals surface area contributed by atoms with Crippen LogP contribution in [0.2, 0.25) is 0 Å². The van der Waals surface area contributed by atoms with E-state index < -0.39 is 11.7 Å². The molecule has 1 heterocycles. The van der Waals surface area contributed by atoms with Gasteiger partial charge < -0.3 is 4.90 Å². The molecule has 0 spiro atoms. The maximum Gasteiger partial charge on any atom is 0.419 e. The minimum absolute atomic E-state index is 0.173. The molecule has 0 saturated carbocycles. The Morgan fingerprint density at radius 3 is 2.67 bits per heavy atom. The molecule has 0 bridgehead atoms. The van der Waals surface area contributed by atoms with Crippen LogP contribution in [0.3, 0.4) is 0 Å². The number of hydrogen-bond donors (Lipinski definition) is 0. The van der Waals surface area contributed by atoms with E-state index in [0.717, 1.165) is 6.07 Å². The Morgan fingerprint density at radius 2 is 2.17 bits per heavy atom. The highest BCUT2D eigenvalue weighted by Gasteiger charge is 2.35. The summed E-state index contributed by atoms with van der Waals surface area (Å²) in [5, 5.41) is 8.68. The molecular formula is C11H11BrF3N3. The number of nitriles is 1. The summed E-state index contributed by atoms with van der Waals surface area (Å²) in [5.74, 6) is -0.547. The number of pyridine rings is 1. The van der Waals surface area contributed by atoms with Gasteiger partial charge in [0.25, 0.3) is 0 Å². The highest BCUT2D eigenvalue weighted by atomic mass is 79.9. The number of halogens is 4. The second-order valence-electron chi connectivity index (χ2n) is 3.93. The summed E-state index contributed by atoms with van der Waals surface area (Å²) in [6, 6.07) is 2.96. The molecule has 1 atom stereocenters. The lowest BCUT2D eigenvalue weighted by Crippen LogP contribution is -2.27. The summed E-state index contributed by atoms with van der Waals surface area (Å²) in [4.78, 5) is 5.12. The van der Waals surface area contributed by atoms with Crippen LogP contribution >= 0.6 is 15.9 Å². The molecule has 0 N–H and O–H groups in total. The first-order chi connectivity index (χ1) is 8.25. The minimum Gasteiger partial charge on any atom is -0.358 e. The van der Waals surface area contributed by atoms with Crippen molar-refractivity contribution in [2.45, 2.75) is 13.1 Å². The Hall–Kier alpha value is -1.29. The summed E-state index contributed by atoms with van der Waals surface area (Å²) in [6.07, 6.45) is -3.17. The van der Waals surface area contributed by atoms with E-state index in [1.807, 2.05) is 6.07 Å². The number of nitrogens with zero attached hydrogens (tertiary/aromatic N) is 3. The van der Waals surface area contributed by atoms with Crippen molar-refractivity contribution >= 4 is 21.7 Å². The summed E-state index contributed by atoms with van der Waals surface area (Å²) < 4.78 is 38.8. The van der Waals surface area contributed by atoms with Crippen molar-refractivity contribution in [3.8, 4) is 6.07 Å². The molecule has 3 nitrogen and oxygen atoms in total. The van der Waals surface area contributed by atoms with Crippen molar-refractivity contribution in [1.29, 1.82) is 5.26 Å². The number of anilines is 1. The van der Waals surface area contributed by atoms with Crippen molar-refractivity contribution < 1.29 is 13.2 Å². The average Bonchev–Trinajstić information content (AvgIpc) is 2.27. The molecule has 0 fully saturated rings. The zero-order valence-corrected chi connectivity index (χ0v) is 11.4. The third kappa shape index (κ3) is 3.60. The standard InChI is InChI=1S/C11H11BrF3N3/c1-7(4-16)6-18(2)10-9(11(13,14)15)3-8(12)5-17-10/h3,5,7H,6H2,1-2H3. The fraction of sp³-hybridized carbons (Fsp3) is 0.455. The normalized spacial score (nSPS) is 12.9. The monoisotopic (exact) mass is 321 g/mol. The summed E-state index contributed by atoms with van der Waals surface area (Å²) in [7, 11) is 1.49. The van der Waals surface area contributed by atoms with Gasteiger partial charge in [-0.3, -0.25) is 0 Å². The van der Waals surface area contributed by atoms with Gasteiger partial charge in [0, 0.05) is 24.3 Å². The molecule has 7 heteroatoms. The second-order valence-corrected chi connectivity index (χ2v) is 4.85. The van der Waals surface area contributed by atoms with E-state index >= 15 is 0 Å². The van der Waals surface area contributed by atoms with Crippen LogP contribution in [0.15, 0.2) is 16.7 Å². The van der Waals surface area contributed by atoms with Crippen molar-refractivity contribution in [3.05, 3.63) is 22.3 Å². The van der Waals surface area contributed by atoms with Gasteiger partial charge in [0.05, 0.1) is 17.6 Å². The maximum atomic E-state index is 12.9. The summed E-state index contributed by atoms with van der Waals surface area (Å²) in [5.41, 5.74) is -0.815. The van der Waals surface area contributed by atoms with Gasteiger partial charge in [-0.05, 0) is 28.9 Å². The van der Waals surface area contributed by atoms with Gasteiger partial charge >= 0.3 is 6.18 Å². The Kier molecular flexibility index (Phi) is 4.57. The number of rotatable bonds is 3. The average molecular weight is 322 g/mol. The Labute approximate surface area is 111 Å². The molecule has 0 aromatic carbocycles. The predicted octanol–water partition coefficient (Wildman–Crippen LogP) is 3.46. The highest BCUT2D eigenvalue weighted by molar-refractivity contribution is 9.10. The van der Waals surface area contributed by atoms with E-state index in [-0.39, 0.29) is 22.8 Å². The molecule has 18 heavy (non-hydrogen) atoms. The molecule has 0 saturated heterocycles. The van der Waals surface area contributed by atoms with Crippen LogP contribution < -0.4 is 4.90 Å². The first-order valence-electron chi connectivity index (χ1n) is 5.09. The van der Waals surface area contributed by atoms with Crippen molar-refractivity contribution in [3.63, 3.8) is 0 Å². The number of alkyl halides is 3. The molecule has 0 radical (unpaired) electrons. The third-order valence-corrected chi connectivity index (χ3v) is 2.70. The first-order valence-corrected chi connectivity index (χ1v) is 5.88. The van der Waals surface area contributed by atoms with Crippen LogP contribution in [0, 0.1) is 17.2 Å². The molecular weight excluding hydrogens is 311 g/mol. The smallest absolute Gasteiger partial charge is 0.358 e. The first kappa shape index (κ1) is 14.8. The Balaban J connectivity index is 3.13. The van der Waals surface area contributed by atoms with Gasteiger partial charge in [-0.15, -0.1) is 0 Å². The molecule has 1 unspecified atom stereocenters. The maximum absolute atomic E-state index is 12.9. The number of aromatic nitrogens is 1. The van der Waals surface area contributed by atoms with Crippen LogP contribution in [-0.2, 0) is 6.18 Å². The zero-order valence-electron chi connectivity index (χ0n) is 9.79. The summed E-state index contributed by atoms with van der Waals surface area (Å²) >= 11 is 2.97. The molecule has 98 valence electrons. The van der Waals surface area contributed by atoms with E-state index in [1.54, 1.807) is 6.92 Å². The van der Waals surface area contributed by atoms with E-state index in [4.69, 9.17) is 5.26 Å². The van der Waals surface area contributed by atoms with Crippen molar-refractivity contribution in [1.82, 2.24) is 4.98 Å². The van der Waals surface area contributed by atoms with E-state index in [9.17, 15) is 13.2 Å². The molecule has 1 aromatic rings. The van der Waals surface area contributed by atoms with Gasteiger partial charge in [-0.2, -0.15) is 18.4 Å². The van der Waals surface area contributed by atoms with Crippen molar-refractivity contribution in [2.24, 2.45) is 5.92 Å². The largest absolute Gasteiger partial charge is 0.419 e. The predicted molar refractivity (Wildman–Crippen MR) is 65.0 cm³/mol. The molecule has 0 aliphatic carbocycles. The minimum atomic E-state index is -4.48. The molecule has 0 aliphatic heterocycles. The SMILES string of the molecule is CC(C#N)CN(C)c1ncc(Br)cc1C(F)(F)F. The lowest BCUT2D eigenvalue weighted by atomic mass is 10.2. The van der Waals surface area contributed by atoms with E-state index in [1.165, 1.54) is 18.1 Å². The second kappa shape index (κ2) is 5.57. The fourth-order valence-electron chi connectivity index (χ4n) is 1.48. The quantitative estimate of drug-likeness (QED) is 0.856. The lowest BCUT2D eigenvalue weighted by molar-refractivity contribution is -0.137. The van der Waals surface area contributed by atoms with Crippen LogP contribution in [0.25, 0.3) is 0 Å². The van der Waals surface area contributed by atoms with E-state index in [2.05, 4.69) is 20.9 Å². The van der Waals surface area contributed by atoms with Gasteiger partial charge in [-0.1, -0.05) is 0 Å². The molecule has 1 rings (SSSR count). The third-order valence-electron chi connectivity index (χ3n) is 2.27. The van der Waals surface area contributed by atoms with Crippen LogP contribution in [0.4, 0.5) is 19.0 Å². The van der Waals surface area contributed by atoms with Gasteiger partial charge in [-0.25, -0.2) is 4.98 Å². The van der Waals surface area contributed by atoms with Gasteiger partial charge in [0.2, 0.25) is 0 Å². The zero-order chi connectivity index (χ0) is 13.9. The number of hydrogen-bond acceptors (Lipinski definition) is 3. The van der Waals surface area contributed by atoms with Gasteiger partial charge in [0.15, 0.2) is 0 Å². The highest BCUT2D eigenvalue weighted by Crippen LogP contribution is 2.36. The molecule has 0 aliphatic rings. The lowest BCUT2D eigenvalue weighted by Gasteiger charge is -2.23.